The predicted molar refractivity (Wildman–Crippen MR) is 103 cm³/mol. The number of fused-ring (bicyclic) bond motifs is 1. The second-order valence-electron chi connectivity index (χ2n) is 6.42. The molecule has 1 atom stereocenters. The number of carbonyl (C=O) groups is 1. The highest BCUT2D eigenvalue weighted by molar-refractivity contribution is 5.99. The van der Waals surface area contributed by atoms with Gasteiger partial charge >= 0.3 is 0 Å². The van der Waals surface area contributed by atoms with Crippen LogP contribution in [0.2, 0.25) is 0 Å². The summed E-state index contributed by atoms with van der Waals surface area (Å²) in [6, 6.07) is 16.2. The molecule has 6 heteroatoms. The Morgan fingerprint density at radius 1 is 1.18 bits per heavy atom. The van der Waals surface area contributed by atoms with E-state index >= 15 is 0 Å². The Hall–Kier alpha value is -3.85. The number of aromatic nitrogens is 1. The fraction of sp³-hybridized carbons (Fsp3) is 0.136. The number of ketones is 1. The van der Waals surface area contributed by atoms with Crippen LogP contribution >= 0.6 is 0 Å². The molecule has 0 spiro atoms. The molecule has 0 saturated heterocycles. The molecule has 3 aromatic rings. The number of Topliss-reactive ketones (excluding diaryl/α,β-unsaturated/α-hetero) is 1. The van der Waals surface area contributed by atoms with E-state index in [4.69, 9.17) is 20.5 Å². The number of ether oxygens (including phenoxy) is 2. The Balaban J connectivity index is 1.73. The van der Waals surface area contributed by atoms with Crippen LogP contribution in [0, 0.1) is 11.3 Å². The third kappa shape index (κ3) is 3.38. The van der Waals surface area contributed by atoms with Crippen molar-refractivity contribution in [2.24, 2.45) is 0 Å². The van der Waals surface area contributed by atoms with Crippen molar-refractivity contribution in [3.8, 4) is 17.6 Å². The summed E-state index contributed by atoms with van der Waals surface area (Å²) in [4.78, 5) is 16.0. The van der Waals surface area contributed by atoms with Crippen LogP contribution in [0.15, 0.2) is 60.9 Å². The van der Waals surface area contributed by atoms with Gasteiger partial charge in [0.2, 0.25) is 0 Å². The second-order valence-corrected chi connectivity index (χ2v) is 6.42. The summed E-state index contributed by atoms with van der Waals surface area (Å²) in [6.07, 6.45) is 3.10. The van der Waals surface area contributed by atoms with Gasteiger partial charge in [-0.2, -0.15) is 5.26 Å². The van der Waals surface area contributed by atoms with Gasteiger partial charge in [0.1, 0.15) is 11.5 Å². The van der Waals surface area contributed by atoms with Crippen LogP contribution in [-0.4, -0.2) is 17.4 Å². The third-order valence-corrected chi connectivity index (χ3v) is 4.61. The van der Waals surface area contributed by atoms with Gasteiger partial charge in [0.05, 0.1) is 35.7 Å². The smallest absolute Gasteiger partial charge is 0.169 e. The monoisotopic (exact) mass is 371 g/mol. The van der Waals surface area contributed by atoms with Crippen molar-refractivity contribution in [2.45, 2.75) is 12.5 Å². The fourth-order valence-electron chi connectivity index (χ4n) is 3.15. The van der Waals surface area contributed by atoms with E-state index in [1.165, 1.54) is 0 Å². The SMILES string of the molecule is N#Cc1ccc(C(Oc2ccc3c(c2)OCCC3=O)c2ccncc2N)cc1. The summed E-state index contributed by atoms with van der Waals surface area (Å²) in [5.41, 5.74) is 9.36. The predicted octanol–water partition coefficient (Wildman–Crippen LogP) is 3.67. The molecule has 1 aliphatic rings. The van der Waals surface area contributed by atoms with Crippen LogP contribution in [0.1, 0.15) is 39.6 Å². The molecular weight excluding hydrogens is 354 g/mol. The quantitative estimate of drug-likeness (QED) is 0.751. The lowest BCUT2D eigenvalue weighted by atomic mass is 9.99. The Morgan fingerprint density at radius 2 is 2.00 bits per heavy atom. The number of benzene rings is 2. The Morgan fingerprint density at radius 3 is 2.75 bits per heavy atom. The van der Waals surface area contributed by atoms with E-state index in [2.05, 4.69) is 11.1 Å². The molecule has 0 radical (unpaired) electrons. The number of anilines is 1. The topological polar surface area (TPSA) is 98.2 Å². The Bertz CT molecular complexity index is 1070. The van der Waals surface area contributed by atoms with E-state index in [9.17, 15) is 4.79 Å². The Labute approximate surface area is 162 Å². The number of nitrogen functional groups attached to an aromatic ring is 1. The third-order valence-electron chi connectivity index (χ3n) is 4.61. The summed E-state index contributed by atoms with van der Waals surface area (Å²) < 4.78 is 11.9. The van der Waals surface area contributed by atoms with E-state index in [1.54, 1.807) is 48.8 Å². The van der Waals surface area contributed by atoms with Gasteiger partial charge in [-0.25, -0.2) is 0 Å². The number of hydrogen-bond donors (Lipinski definition) is 1. The molecule has 2 heterocycles. The first-order valence-electron chi connectivity index (χ1n) is 8.82. The minimum Gasteiger partial charge on any atom is -0.492 e. The van der Waals surface area contributed by atoms with E-state index in [-0.39, 0.29) is 5.78 Å². The zero-order valence-corrected chi connectivity index (χ0v) is 15.0. The van der Waals surface area contributed by atoms with Gasteiger partial charge in [0, 0.05) is 24.2 Å². The van der Waals surface area contributed by atoms with Crippen molar-refractivity contribution >= 4 is 11.5 Å². The van der Waals surface area contributed by atoms with Crippen molar-refractivity contribution in [3.05, 3.63) is 83.2 Å². The van der Waals surface area contributed by atoms with E-state index in [0.717, 1.165) is 11.1 Å². The lowest BCUT2D eigenvalue weighted by molar-refractivity contribution is 0.0933. The van der Waals surface area contributed by atoms with Crippen LogP contribution < -0.4 is 15.2 Å². The van der Waals surface area contributed by atoms with Crippen LogP contribution in [0.5, 0.6) is 11.5 Å². The largest absolute Gasteiger partial charge is 0.492 e. The molecular formula is C22H17N3O3. The van der Waals surface area contributed by atoms with Gasteiger partial charge in [-0.1, -0.05) is 12.1 Å². The van der Waals surface area contributed by atoms with E-state index in [1.807, 2.05) is 12.1 Å². The molecule has 1 unspecified atom stereocenters. The zero-order chi connectivity index (χ0) is 19.5. The number of nitriles is 1. The van der Waals surface area contributed by atoms with Gasteiger partial charge in [-0.3, -0.25) is 9.78 Å². The van der Waals surface area contributed by atoms with E-state index < -0.39 is 6.10 Å². The minimum absolute atomic E-state index is 0.0646. The molecule has 0 saturated carbocycles. The number of rotatable bonds is 4. The first-order valence-corrected chi connectivity index (χ1v) is 8.82. The zero-order valence-electron chi connectivity index (χ0n) is 15.0. The van der Waals surface area contributed by atoms with Gasteiger partial charge in [0.15, 0.2) is 11.9 Å². The summed E-state index contributed by atoms with van der Waals surface area (Å²) >= 11 is 0. The Kier molecular flexibility index (Phi) is 4.65. The molecule has 28 heavy (non-hydrogen) atoms. The molecule has 2 N–H and O–H groups in total. The lowest BCUT2D eigenvalue weighted by Gasteiger charge is -2.23. The maximum Gasteiger partial charge on any atom is 0.169 e. The van der Waals surface area contributed by atoms with Gasteiger partial charge < -0.3 is 15.2 Å². The average molecular weight is 371 g/mol. The molecule has 0 bridgehead atoms. The highest BCUT2D eigenvalue weighted by Gasteiger charge is 2.22. The average Bonchev–Trinajstić information content (AvgIpc) is 2.73. The molecule has 138 valence electrons. The molecule has 0 amide bonds. The number of pyridine rings is 1. The minimum atomic E-state index is -0.506. The number of carbonyl (C=O) groups excluding carboxylic acids is 1. The van der Waals surface area contributed by atoms with Crippen molar-refractivity contribution in [2.75, 3.05) is 12.3 Å². The van der Waals surface area contributed by atoms with Crippen LogP contribution in [0.25, 0.3) is 0 Å². The van der Waals surface area contributed by atoms with Crippen molar-refractivity contribution in [3.63, 3.8) is 0 Å². The maximum atomic E-state index is 12.0. The first kappa shape index (κ1) is 17.6. The molecule has 0 fully saturated rings. The van der Waals surface area contributed by atoms with Crippen molar-refractivity contribution in [1.29, 1.82) is 5.26 Å². The first-order chi connectivity index (χ1) is 13.7. The maximum absolute atomic E-state index is 12.0. The molecule has 1 aromatic heterocycles. The molecule has 2 aromatic carbocycles. The van der Waals surface area contributed by atoms with Crippen LogP contribution in [0.4, 0.5) is 5.69 Å². The normalized spacial score (nSPS) is 13.8. The number of nitrogens with zero attached hydrogens (tertiary/aromatic N) is 2. The summed E-state index contributed by atoms with van der Waals surface area (Å²) in [7, 11) is 0. The summed E-state index contributed by atoms with van der Waals surface area (Å²) in [5.74, 6) is 1.14. The van der Waals surface area contributed by atoms with Gasteiger partial charge in [-0.15, -0.1) is 0 Å². The van der Waals surface area contributed by atoms with Gasteiger partial charge in [-0.05, 0) is 35.9 Å². The van der Waals surface area contributed by atoms with E-state index in [0.29, 0.717) is 41.3 Å². The molecule has 1 aliphatic heterocycles. The van der Waals surface area contributed by atoms with Gasteiger partial charge in [0.25, 0.3) is 0 Å². The lowest BCUT2D eigenvalue weighted by Crippen LogP contribution is -2.16. The second kappa shape index (κ2) is 7.41. The van der Waals surface area contributed by atoms with Crippen LogP contribution in [0.3, 0.4) is 0 Å². The van der Waals surface area contributed by atoms with Crippen LogP contribution in [-0.2, 0) is 0 Å². The standard InChI is InChI=1S/C22H17N3O3/c23-12-14-1-3-15(4-2-14)22(17-7-9-25-13-19(17)24)28-16-5-6-18-20(26)8-10-27-21(18)11-16/h1-7,9,11,13,22H,8,10,24H2. The number of hydrogen-bond acceptors (Lipinski definition) is 6. The highest BCUT2D eigenvalue weighted by atomic mass is 16.5. The van der Waals surface area contributed by atoms with Crippen molar-refractivity contribution < 1.29 is 14.3 Å². The number of nitrogens with two attached hydrogens (primary N) is 1. The molecule has 6 nitrogen and oxygen atoms in total. The molecule has 0 aliphatic carbocycles. The molecule has 4 rings (SSSR count). The fourth-order valence-corrected chi connectivity index (χ4v) is 3.15. The highest BCUT2D eigenvalue weighted by Crippen LogP contribution is 2.35. The van der Waals surface area contributed by atoms with Crippen molar-refractivity contribution in [1.82, 2.24) is 4.98 Å². The summed E-state index contributed by atoms with van der Waals surface area (Å²) in [5, 5.41) is 9.05. The summed E-state index contributed by atoms with van der Waals surface area (Å²) in [6.45, 7) is 0.367.